The number of nitrogens with zero attached hydrogens (tertiary/aromatic N) is 1. The molecule has 0 aliphatic carbocycles. The fraction of sp³-hybridized carbons (Fsp3) is 0.385. The van der Waals surface area contributed by atoms with E-state index in [1.165, 1.54) is 0 Å². The smallest absolute Gasteiger partial charge is 0.251 e. The van der Waals surface area contributed by atoms with E-state index in [0.29, 0.717) is 0 Å². The first-order valence-corrected chi connectivity index (χ1v) is 7.06. The molecule has 1 fully saturated rings. The van der Waals surface area contributed by atoms with Crippen molar-refractivity contribution in [1.82, 2.24) is 15.6 Å². The largest absolute Gasteiger partial charge is 0.348 e. The number of aromatic nitrogens is 1. The highest BCUT2D eigenvalue weighted by molar-refractivity contribution is 7.16. The average molecular weight is 334 g/mol. The summed E-state index contributed by atoms with van der Waals surface area (Å²) in [6, 6.07) is 5.91. The van der Waals surface area contributed by atoms with Crippen LogP contribution in [0.2, 0.25) is 0 Å². The van der Waals surface area contributed by atoms with Gasteiger partial charge in [0.05, 0.1) is 15.7 Å². The van der Waals surface area contributed by atoms with Crippen LogP contribution >= 0.6 is 36.2 Å². The van der Waals surface area contributed by atoms with Crippen LogP contribution in [0.15, 0.2) is 23.7 Å². The molecule has 110 valence electrons. The molecule has 0 radical (unpaired) electrons. The molecule has 3 rings (SSSR count). The predicted octanol–water partition coefficient (Wildman–Crippen LogP) is 2.62. The van der Waals surface area contributed by atoms with Crippen molar-refractivity contribution in [3.63, 3.8) is 0 Å². The van der Waals surface area contributed by atoms with Gasteiger partial charge in [-0.05, 0) is 37.6 Å². The van der Waals surface area contributed by atoms with E-state index in [1.807, 2.05) is 18.2 Å². The molecule has 1 saturated heterocycles. The molecule has 0 unspecified atom stereocenters. The van der Waals surface area contributed by atoms with Gasteiger partial charge in [0.2, 0.25) is 0 Å². The standard InChI is InChI=1S/C13H15N3OS.2ClH/c17-13(16-10-2-1-5-14-7-10)9-3-4-11-12(6-9)18-8-15-11;;/h3-4,6,8,10,14H,1-2,5,7H2,(H,16,17);2*1H/t10-;;/m0../s1. The molecule has 1 aliphatic heterocycles. The summed E-state index contributed by atoms with van der Waals surface area (Å²) in [5.41, 5.74) is 3.48. The van der Waals surface area contributed by atoms with E-state index in [1.54, 1.807) is 16.8 Å². The minimum Gasteiger partial charge on any atom is -0.348 e. The molecule has 1 aliphatic rings. The normalized spacial score (nSPS) is 17.9. The molecule has 0 spiro atoms. The number of hydrogen-bond acceptors (Lipinski definition) is 4. The summed E-state index contributed by atoms with van der Waals surface area (Å²) in [7, 11) is 0. The Morgan fingerprint density at radius 3 is 3.00 bits per heavy atom. The number of nitrogens with one attached hydrogen (secondary N) is 2. The van der Waals surface area contributed by atoms with Crippen molar-refractivity contribution >= 4 is 52.3 Å². The molecule has 7 heteroatoms. The molecule has 0 bridgehead atoms. The highest BCUT2D eigenvalue weighted by atomic mass is 35.5. The van der Waals surface area contributed by atoms with Crippen LogP contribution in [-0.4, -0.2) is 30.0 Å². The van der Waals surface area contributed by atoms with E-state index in [9.17, 15) is 4.79 Å². The Balaban J connectivity index is 0.000001000. The maximum atomic E-state index is 12.1. The first-order valence-electron chi connectivity index (χ1n) is 6.18. The van der Waals surface area contributed by atoms with E-state index >= 15 is 0 Å². The number of piperidine rings is 1. The van der Waals surface area contributed by atoms with E-state index in [-0.39, 0.29) is 36.8 Å². The summed E-state index contributed by atoms with van der Waals surface area (Å²) in [5, 5.41) is 6.37. The van der Waals surface area contributed by atoms with Crippen LogP contribution in [-0.2, 0) is 0 Å². The van der Waals surface area contributed by atoms with Crippen LogP contribution in [0.1, 0.15) is 23.2 Å². The quantitative estimate of drug-likeness (QED) is 0.888. The van der Waals surface area contributed by atoms with Crippen LogP contribution < -0.4 is 10.6 Å². The zero-order chi connectivity index (χ0) is 12.4. The van der Waals surface area contributed by atoms with Gasteiger partial charge in [-0.15, -0.1) is 36.2 Å². The third-order valence-corrected chi connectivity index (χ3v) is 4.02. The van der Waals surface area contributed by atoms with Crippen LogP contribution in [0.5, 0.6) is 0 Å². The fourth-order valence-electron chi connectivity index (χ4n) is 2.24. The second kappa shape index (κ2) is 7.78. The second-order valence-electron chi connectivity index (χ2n) is 4.55. The number of fused-ring (bicyclic) bond motifs is 1. The van der Waals surface area contributed by atoms with Crippen LogP contribution in [0.3, 0.4) is 0 Å². The first-order chi connectivity index (χ1) is 8.83. The Labute approximate surface area is 134 Å². The molecule has 4 nitrogen and oxygen atoms in total. The first kappa shape index (κ1) is 17.2. The molecular weight excluding hydrogens is 317 g/mol. The number of hydrogen-bond donors (Lipinski definition) is 2. The third-order valence-electron chi connectivity index (χ3n) is 3.23. The van der Waals surface area contributed by atoms with Gasteiger partial charge in [-0.25, -0.2) is 4.98 Å². The van der Waals surface area contributed by atoms with Crippen molar-refractivity contribution in [3.8, 4) is 0 Å². The molecule has 0 saturated carbocycles. The summed E-state index contributed by atoms with van der Waals surface area (Å²) in [6.07, 6.45) is 2.18. The molecular formula is C13H17Cl2N3OS. The Hall–Kier alpha value is -0.880. The lowest BCUT2D eigenvalue weighted by Crippen LogP contribution is -2.45. The maximum Gasteiger partial charge on any atom is 0.251 e. The van der Waals surface area contributed by atoms with Gasteiger partial charge in [0.15, 0.2) is 0 Å². The van der Waals surface area contributed by atoms with Crippen molar-refractivity contribution in [1.29, 1.82) is 0 Å². The zero-order valence-electron chi connectivity index (χ0n) is 10.8. The number of carbonyl (C=O) groups excluding carboxylic acids is 1. The van der Waals surface area contributed by atoms with Crippen LogP contribution in [0.25, 0.3) is 10.2 Å². The van der Waals surface area contributed by atoms with Crippen molar-refractivity contribution < 1.29 is 4.79 Å². The Kier molecular flexibility index (Phi) is 6.68. The SMILES string of the molecule is Cl.Cl.O=C(N[C@H]1CCCNC1)c1ccc2ncsc2c1. The lowest BCUT2D eigenvalue weighted by molar-refractivity contribution is 0.0931. The van der Waals surface area contributed by atoms with Gasteiger partial charge in [0.1, 0.15) is 0 Å². The van der Waals surface area contributed by atoms with Gasteiger partial charge in [-0.3, -0.25) is 4.79 Å². The van der Waals surface area contributed by atoms with Crippen molar-refractivity contribution in [3.05, 3.63) is 29.3 Å². The fourth-order valence-corrected chi connectivity index (χ4v) is 2.96. The molecule has 1 amide bonds. The van der Waals surface area contributed by atoms with E-state index in [2.05, 4.69) is 15.6 Å². The van der Waals surface area contributed by atoms with Gasteiger partial charge in [0, 0.05) is 18.2 Å². The number of amides is 1. The molecule has 2 aromatic rings. The Morgan fingerprint density at radius 1 is 1.40 bits per heavy atom. The number of halogens is 2. The summed E-state index contributed by atoms with van der Waals surface area (Å²) in [6.45, 7) is 1.92. The third kappa shape index (κ3) is 3.82. The van der Waals surface area contributed by atoms with Crippen molar-refractivity contribution in [2.45, 2.75) is 18.9 Å². The summed E-state index contributed by atoms with van der Waals surface area (Å²) in [4.78, 5) is 16.3. The summed E-state index contributed by atoms with van der Waals surface area (Å²) < 4.78 is 1.06. The number of carbonyl (C=O) groups is 1. The predicted molar refractivity (Wildman–Crippen MR) is 87.5 cm³/mol. The van der Waals surface area contributed by atoms with Gasteiger partial charge < -0.3 is 10.6 Å². The van der Waals surface area contributed by atoms with E-state index in [0.717, 1.165) is 41.7 Å². The molecule has 1 aromatic heterocycles. The monoisotopic (exact) mass is 333 g/mol. The van der Waals surface area contributed by atoms with Crippen molar-refractivity contribution in [2.24, 2.45) is 0 Å². The molecule has 2 heterocycles. The van der Waals surface area contributed by atoms with E-state index in [4.69, 9.17) is 0 Å². The lowest BCUT2D eigenvalue weighted by atomic mass is 10.1. The minimum absolute atomic E-state index is 0. The second-order valence-corrected chi connectivity index (χ2v) is 5.44. The average Bonchev–Trinajstić information content (AvgIpc) is 2.87. The van der Waals surface area contributed by atoms with Crippen LogP contribution in [0, 0.1) is 0 Å². The summed E-state index contributed by atoms with van der Waals surface area (Å²) in [5.74, 6) is 0.0130. The Morgan fingerprint density at radius 2 is 2.25 bits per heavy atom. The van der Waals surface area contributed by atoms with Crippen molar-refractivity contribution in [2.75, 3.05) is 13.1 Å². The van der Waals surface area contributed by atoms with E-state index < -0.39 is 0 Å². The molecule has 2 N–H and O–H groups in total. The lowest BCUT2D eigenvalue weighted by Gasteiger charge is -2.23. The number of benzene rings is 1. The highest BCUT2D eigenvalue weighted by Crippen LogP contribution is 2.19. The zero-order valence-corrected chi connectivity index (χ0v) is 13.2. The Bertz CT molecular complexity index is 569. The maximum absolute atomic E-state index is 12.1. The molecule has 1 atom stereocenters. The van der Waals surface area contributed by atoms with Gasteiger partial charge >= 0.3 is 0 Å². The van der Waals surface area contributed by atoms with Gasteiger partial charge in [0.25, 0.3) is 5.91 Å². The number of rotatable bonds is 2. The van der Waals surface area contributed by atoms with Gasteiger partial charge in [-0.1, -0.05) is 0 Å². The minimum atomic E-state index is 0. The summed E-state index contributed by atoms with van der Waals surface area (Å²) >= 11 is 1.56. The topological polar surface area (TPSA) is 54.0 Å². The molecule has 20 heavy (non-hydrogen) atoms. The van der Waals surface area contributed by atoms with Gasteiger partial charge in [-0.2, -0.15) is 0 Å². The molecule has 1 aromatic carbocycles. The van der Waals surface area contributed by atoms with Crippen LogP contribution in [0.4, 0.5) is 0 Å². The highest BCUT2D eigenvalue weighted by Gasteiger charge is 2.16. The number of thiazole rings is 1.